The van der Waals surface area contributed by atoms with Gasteiger partial charge in [-0.05, 0) is 94.2 Å². The molecule has 3 heterocycles. The molecule has 214 valence electrons. The SMILES string of the molecule is c1ccc(N2c3ccccc3B3c4ccccc4N(c4ccc(-c5ccc6c(c5)oc5ccccc56)cc4)c4cccc2c43)cc1. The van der Waals surface area contributed by atoms with Gasteiger partial charge in [0.15, 0.2) is 0 Å². The average Bonchev–Trinajstić information content (AvgIpc) is 3.50. The maximum atomic E-state index is 6.20. The van der Waals surface area contributed by atoms with Crippen molar-refractivity contribution in [2.75, 3.05) is 9.80 Å². The molecule has 0 N–H and O–H groups in total. The highest BCUT2D eigenvalue weighted by atomic mass is 16.3. The van der Waals surface area contributed by atoms with E-state index < -0.39 is 0 Å². The number of nitrogens with zero attached hydrogens (tertiary/aromatic N) is 2. The highest BCUT2D eigenvalue weighted by Gasteiger charge is 2.42. The Labute approximate surface area is 267 Å². The van der Waals surface area contributed by atoms with Gasteiger partial charge in [0.1, 0.15) is 11.2 Å². The van der Waals surface area contributed by atoms with Crippen LogP contribution in [0.25, 0.3) is 33.1 Å². The molecule has 10 rings (SSSR count). The number of furan rings is 1. The molecule has 8 aromatic rings. The minimum Gasteiger partial charge on any atom is -0.456 e. The van der Waals surface area contributed by atoms with E-state index in [1.165, 1.54) is 39.1 Å². The number of fused-ring (bicyclic) bond motifs is 7. The minimum absolute atomic E-state index is 0.143. The summed E-state index contributed by atoms with van der Waals surface area (Å²) < 4.78 is 6.20. The Kier molecular flexibility index (Phi) is 5.37. The third kappa shape index (κ3) is 3.61. The lowest BCUT2D eigenvalue weighted by molar-refractivity contribution is 0.669. The molecule has 3 nitrogen and oxygen atoms in total. The zero-order valence-corrected chi connectivity index (χ0v) is 25.0. The molecular formula is C42H27BN2O. The Bertz CT molecular complexity index is 2450. The molecule has 4 heteroatoms. The van der Waals surface area contributed by atoms with Crippen molar-refractivity contribution < 1.29 is 4.42 Å². The van der Waals surface area contributed by atoms with Crippen LogP contribution in [0.2, 0.25) is 0 Å². The van der Waals surface area contributed by atoms with Crippen molar-refractivity contribution in [2.24, 2.45) is 0 Å². The molecule has 7 aromatic carbocycles. The lowest BCUT2D eigenvalue weighted by Crippen LogP contribution is -2.61. The summed E-state index contributed by atoms with van der Waals surface area (Å²) in [6, 6.07) is 59.0. The first kappa shape index (κ1) is 25.3. The van der Waals surface area contributed by atoms with Gasteiger partial charge < -0.3 is 14.2 Å². The maximum Gasteiger partial charge on any atom is 0.252 e. The number of benzene rings is 7. The molecular weight excluding hydrogens is 559 g/mol. The second-order valence-corrected chi connectivity index (χ2v) is 12.1. The molecule has 0 unspecified atom stereocenters. The van der Waals surface area contributed by atoms with Crippen molar-refractivity contribution in [2.45, 2.75) is 0 Å². The first-order valence-electron chi connectivity index (χ1n) is 15.8. The van der Waals surface area contributed by atoms with Crippen LogP contribution >= 0.6 is 0 Å². The van der Waals surface area contributed by atoms with E-state index in [-0.39, 0.29) is 6.71 Å². The summed E-state index contributed by atoms with van der Waals surface area (Å²) in [4.78, 5) is 4.86. The van der Waals surface area contributed by atoms with Crippen LogP contribution in [0.5, 0.6) is 0 Å². The average molecular weight is 587 g/mol. The summed E-state index contributed by atoms with van der Waals surface area (Å²) in [7, 11) is 0. The van der Waals surface area contributed by atoms with E-state index in [0.29, 0.717) is 0 Å². The third-order valence-corrected chi connectivity index (χ3v) is 9.66. The normalized spacial score (nSPS) is 13.1. The summed E-state index contributed by atoms with van der Waals surface area (Å²) in [6.07, 6.45) is 0. The summed E-state index contributed by atoms with van der Waals surface area (Å²) in [5.74, 6) is 0. The van der Waals surface area contributed by atoms with Gasteiger partial charge in [-0.15, -0.1) is 0 Å². The number of rotatable bonds is 3. The summed E-state index contributed by atoms with van der Waals surface area (Å²) in [6.45, 7) is 0.143. The number of hydrogen-bond acceptors (Lipinski definition) is 3. The fraction of sp³-hybridized carbons (Fsp3) is 0. The molecule has 0 saturated carbocycles. The van der Waals surface area contributed by atoms with E-state index in [1.54, 1.807) is 0 Å². The molecule has 0 fully saturated rings. The highest BCUT2D eigenvalue weighted by molar-refractivity contribution is 7.00. The van der Waals surface area contributed by atoms with Gasteiger partial charge >= 0.3 is 0 Å². The topological polar surface area (TPSA) is 19.6 Å². The van der Waals surface area contributed by atoms with Crippen molar-refractivity contribution in [3.63, 3.8) is 0 Å². The second kappa shape index (κ2) is 9.75. The van der Waals surface area contributed by atoms with Gasteiger partial charge in [-0.2, -0.15) is 0 Å². The predicted molar refractivity (Wildman–Crippen MR) is 193 cm³/mol. The van der Waals surface area contributed by atoms with Crippen molar-refractivity contribution in [3.05, 3.63) is 164 Å². The monoisotopic (exact) mass is 586 g/mol. The van der Waals surface area contributed by atoms with E-state index in [2.05, 4.69) is 161 Å². The standard InChI is InChI=1S/C42H27BN2O/c1-2-11-30(12-3-1)44-36-16-7-5-14-34(36)43-35-15-6-8-17-37(35)45(39-19-10-18-38(44)42(39)43)31-24-21-28(22-25-31)29-23-26-33-32-13-4-9-20-40(32)46-41(33)27-29/h1-27H. The van der Waals surface area contributed by atoms with Crippen molar-refractivity contribution in [1.29, 1.82) is 0 Å². The van der Waals surface area contributed by atoms with E-state index in [4.69, 9.17) is 4.42 Å². The number of anilines is 6. The zero-order chi connectivity index (χ0) is 30.2. The fourth-order valence-corrected chi connectivity index (χ4v) is 7.68. The van der Waals surface area contributed by atoms with E-state index >= 15 is 0 Å². The van der Waals surface area contributed by atoms with Gasteiger partial charge in [-0.1, -0.05) is 97.1 Å². The van der Waals surface area contributed by atoms with Gasteiger partial charge in [-0.3, -0.25) is 0 Å². The van der Waals surface area contributed by atoms with Crippen LogP contribution in [-0.4, -0.2) is 6.71 Å². The first-order valence-corrected chi connectivity index (χ1v) is 15.8. The van der Waals surface area contributed by atoms with Crippen LogP contribution < -0.4 is 26.2 Å². The Balaban J connectivity index is 1.13. The number of para-hydroxylation sites is 4. The third-order valence-electron chi connectivity index (χ3n) is 9.66. The molecule has 0 bridgehead atoms. The molecule has 0 spiro atoms. The summed E-state index contributed by atoms with van der Waals surface area (Å²) in [5, 5.41) is 2.30. The van der Waals surface area contributed by atoms with Gasteiger partial charge in [0.25, 0.3) is 6.71 Å². The fourth-order valence-electron chi connectivity index (χ4n) is 7.68. The van der Waals surface area contributed by atoms with Gasteiger partial charge in [-0.25, -0.2) is 0 Å². The summed E-state index contributed by atoms with van der Waals surface area (Å²) >= 11 is 0. The van der Waals surface area contributed by atoms with E-state index in [9.17, 15) is 0 Å². The number of hydrogen-bond donors (Lipinski definition) is 0. The van der Waals surface area contributed by atoms with Crippen molar-refractivity contribution in [3.8, 4) is 11.1 Å². The maximum absolute atomic E-state index is 6.20. The van der Waals surface area contributed by atoms with Crippen LogP contribution in [0.1, 0.15) is 0 Å². The quantitative estimate of drug-likeness (QED) is 0.192. The molecule has 2 aliphatic heterocycles. The molecule has 0 aliphatic carbocycles. The van der Waals surface area contributed by atoms with Crippen molar-refractivity contribution >= 4 is 79.2 Å². The van der Waals surface area contributed by atoms with Crippen LogP contribution in [0, 0.1) is 0 Å². The Hall–Kier alpha value is -6.00. The van der Waals surface area contributed by atoms with Gasteiger partial charge in [0.2, 0.25) is 0 Å². The van der Waals surface area contributed by atoms with Crippen LogP contribution in [0.4, 0.5) is 34.1 Å². The molecule has 0 saturated heterocycles. The second-order valence-electron chi connectivity index (χ2n) is 12.1. The highest BCUT2D eigenvalue weighted by Crippen LogP contribution is 2.44. The smallest absolute Gasteiger partial charge is 0.252 e. The lowest BCUT2D eigenvalue weighted by Gasteiger charge is -2.44. The molecule has 1 aromatic heterocycles. The molecule has 0 amide bonds. The van der Waals surface area contributed by atoms with Crippen LogP contribution in [-0.2, 0) is 0 Å². The van der Waals surface area contributed by atoms with E-state index in [1.807, 2.05) is 12.1 Å². The lowest BCUT2D eigenvalue weighted by atomic mass is 9.33. The zero-order valence-electron chi connectivity index (χ0n) is 25.0. The Morgan fingerprint density at radius 1 is 0.391 bits per heavy atom. The minimum atomic E-state index is 0.143. The van der Waals surface area contributed by atoms with Gasteiger partial charge in [0.05, 0.1) is 0 Å². The molecule has 0 radical (unpaired) electrons. The molecule has 46 heavy (non-hydrogen) atoms. The Morgan fingerprint density at radius 2 is 0.935 bits per heavy atom. The largest absolute Gasteiger partial charge is 0.456 e. The molecule has 0 atom stereocenters. The first-order chi connectivity index (χ1) is 22.8. The van der Waals surface area contributed by atoms with Crippen molar-refractivity contribution in [1.82, 2.24) is 0 Å². The molecule has 2 aliphatic rings. The van der Waals surface area contributed by atoms with Crippen LogP contribution in [0.15, 0.2) is 168 Å². The Morgan fingerprint density at radius 3 is 1.65 bits per heavy atom. The van der Waals surface area contributed by atoms with E-state index in [0.717, 1.165) is 44.4 Å². The van der Waals surface area contributed by atoms with Gasteiger partial charge in [0, 0.05) is 44.9 Å². The van der Waals surface area contributed by atoms with Crippen LogP contribution in [0.3, 0.4) is 0 Å². The predicted octanol–water partition coefficient (Wildman–Crippen LogP) is 9.34. The summed E-state index contributed by atoms with van der Waals surface area (Å²) in [5.41, 5.74) is 15.3.